The van der Waals surface area contributed by atoms with Crippen LogP contribution in [0, 0.1) is 17.2 Å². The van der Waals surface area contributed by atoms with Crippen LogP contribution in [0.15, 0.2) is 66.7 Å². The Labute approximate surface area is 231 Å². The van der Waals surface area contributed by atoms with Crippen molar-refractivity contribution in [2.24, 2.45) is 5.92 Å². The van der Waals surface area contributed by atoms with E-state index in [0.717, 1.165) is 64.7 Å². The number of hydrogen-bond acceptors (Lipinski definition) is 5. The molecule has 0 amide bonds. The van der Waals surface area contributed by atoms with Gasteiger partial charge in [0.25, 0.3) is 0 Å². The van der Waals surface area contributed by atoms with Crippen molar-refractivity contribution in [3.05, 3.63) is 89.0 Å². The second-order valence-electron chi connectivity index (χ2n) is 9.26. The second kappa shape index (κ2) is 11.8. The molecular weight excluding hydrogens is 601 g/mol. The van der Waals surface area contributed by atoms with E-state index in [-0.39, 0.29) is 18.7 Å². The third-order valence-corrected chi connectivity index (χ3v) is 7.83. The Morgan fingerprint density at radius 1 is 1.08 bits per heavy atom. The van der Waals surface area contributed by atoms with E-state index in [4.69, 9.17) is 14.0 Å². The number of allylic oxidation sites excluding steroid dienone is 1. The number of ether oxygens (including phenoxy) is 2. The third-order valence-electron chi connectivity index (χ3n) is 6.86. The zero-order valence-electron chi connectivity index (χ0n) is 20.4. The number of benzene rings is 3. The molecule has 0 spiro atoms. The summed E-state index contributed by atoms with van der Waals surface area (Å²) >= 11 is 2.21. The largest absolute Gasteiger partial charge is 0.492 e. The van der Waals surface area contributed by atoms with Crippen LogP contribution in [-0.2, 0) is 0 Å². The minimum absolute atomic E-state index is 0.187. The van der Waals surface area contributed by atoms with Gasteiger partial charge in [0.15, 0.2) is 0 Å². The van der Waals surface area contributed by atoms with Gasteiger partial charge in [0.1, 0.15) is 36.4 Å². The summed E-state index contributed by atoms with van der Waals surface area (Å²) in [7, 11) is 0. The fourth-order valence-corrected chi connectivity index (χ4v) is 5.83. The number of hydrogen-bond donors (Lipinski definition) is 0. The van der Waals surface area contributed by atoms with Crippen LogP contribution in [-0.4, -0.2) is 37.8 Å². The van der Waals surface area contributed by atoms with Crippen LogP contribution in [0.3, 0.4) is 0 Å². The fourth-order valence-electron chi connectivity index (χ4n) is 4.86. The van der Waals surface area contributed by atoms with Crippen molar-refractivity contribution >= 4 is 39.6 Å². The lowest BCUT2D eigenvalue weighted by atomic mass is 9.86. The summed E-state index contributed by atoms with van der Waals surface area (Å²) in [6.45, 7) is 5.21. The fraction of sp³-hybridized carbons (Fsp3) is 0.276. The second-order valence-corrected chi connectivity index (χ2v) is 10.9. The zero-order valence-corrected chi connectivity index (χ0v) is 23.6. The van der Waals surface area contributed by atoms with Crippen molar-refractivity contribution in [1.29, 1.82) is 5.26 Å². The zero-order chi connectivity index (χ0) is 25.8. The first-order valence-electron chi connectivity index (χ1n) is 12.2. The first-order valence-corrected chi connectivity index (χ1v) is 16.2. The topological polar surface area (TPSA) is 54.7 Å². The Bertz CT molecular complexity index is 1320. The van der Waals surface area contributed by atoms with E-state index in [9.17, 15) is 9.65 Å². The van der Waals surface area contributed by atoms with Crippen molar-refractivity contribution in [2.45, 2.75) is 13.0 Å². The average molecular weight is 628 g/mol. The third kappa shape index (κ3) is 5.77. The van der Waals surface area contributed by atoms with E-state index in [1.807, 2.05) is 66.7 Å². The van der Waals surface area contributed by atoms with Gasteiger partial charge in [-0.15, -0.1) is 0 Å². The lowest BCUT2D eigenvalue weighted by Crippen LogP contribution is -2.49. The molecule has 1 fully saturated rings. The molecule has 0 aromatic heterocycles. The van der Waals surface area contributed by atoms with Crippen LogP contribution in [0.1, 0.15) is 35.3 Å². The summed E-state index contributed by atoms with van der Waals surface area (Å²) in [5.74, 6) is 2.61. The molecule has 2 atom stereocenters. The number of alkyl halides is 1. The van der Waals surface area contributed by atoms with E-state index in [2.05, 4.69) is 39.9 Å². The molecule has 0 radical (unpaired) electrons. The van der Waals surface area contributed by atoms with Crippen molar-refractivity contribution in [1.82, 2.24) is 4.90 Å². The Kier molecular flexibility index (Phi) is 8.29. The monoisotopic (exact) mass is 628 g/mol. The molecule has 8 heteroatoms. The summed E-state index contributed by atoms with van der Waals surface area (Å²) in [5, 5.41) is 9.26. The molecule has 0 N–H and O–H groups in total. The van der Waals surface area contributed by atoms with Crippen molar-refractivity contribution < 1.29 is 18.4 Å². The lowest BCUT2D eigenvalue weighted by Gasteiger charge is -2.37. The summed E-state index contributed by atoms with van der Waals surface area (Å²) in [6.07, 6.45) is -0.313. The van der Waals surface area contributed by atoms with E-state index in [1.54, 1.807) is 0 Å². The standard InChI is InChI=1S/C29H27FIN2O3P/c1-19-26-14-25(36-37-31)10-11-27(26)35-29(28(19)22-4-2-20(16-32)3-5-22)23-6-8-24(9-7-23)34-13-12-33-17-21(15-30)18-33/h2-11,14,21,29,37H,12-13,15,17-18H2,1H3. The van der Waals surface area contributed by atoms with E-state index in [0.29, 0.717) is 18.6 Å². The molecule has 2 unspecified atom stereocenters. The van der Waals surface area contributed by atoms with E-state index in [1.165, 1.54) is 0 Å². The molecule has 1 saturated heterocycles. The molecule has 0 aliphatic carbocycles. The van der Waals surface area contributed by atoms with Gasteiger partial charge in [0.2, 0.25) is 0 Å². The SMILES string of the molecule is CC1=C(c2ccc(C#N)cc2)C(c2ccc(OCCN3CC(CF)C3)cc2)Oc2ccc(OPI)cc21. The highest BCUT2D eigenvalue weighted by Gasteiger charge is 2.30. The van der Waals surface area contributed by atoms with Gasteiger partial charge >= 0.3 is 0 Å². The van der Waals surface area contributed by atoms with Crippen LogP contribution >= 0.6 is 28.5 Å². The maximum atomic E-state index is 12.6. The van der Waals surface area contributed by atoms with Crippen LogP contribution in [0.4, 0.5) is 4.39 Å². The van der Waals surface area contributed by atoms with Gasteiger partial charge in [-0.25, -0.2) is 0 Å². The maximum Gasteiger partial charge on any atom is 0.150 e. The molecular formula is C29H27FIN2O3P. The van der Waals surface area contributed by atoms with Crippen molar-refractivity contribution in [2.75, 3.05) is 32.9 Å². The highest BCUT2D eigenvalue weighted by Crippen LogP contribution is 2.48. The highest BCUT2D eigenvalue weighted by molar-refractivity contribution is 14.2. The minimum Gasteiger partial charge on any atom is -0.492 e. The number of fused-ring (bicyclic) bond motifs is 1. The Hall–Kier alpha value is -2.66. The van der Waals surface area contributed by atoms with Crippen LogP contribution in [0.2, 0.25) is 0 Å². The summed E-state index contributed by atoms with van der Waals surface area (Å²) in [6, 6.07) is 23.8. The van der Waals surface area contributed by atoms with Gasteiger partial charge < -0.3 is 14.0 Å². The number of halogens is 2. The van der Waals surface area contributed by atoms with Gasteiger partial charge in [-0.3, -0.25) is 9.29 Å². The van der Waals surface area contributed by atoms with E-state index < -0.39 is 0 Å². The Morgan fingerprint density at radius 3 is 2.49 bits per heavy atom. The van der Waals surface area contributed by atoms with Gasteiger partial charge in [-0.05, 0) is 88.1 Å². The minimum atomic E-state index is -0.313. The number of rotatable bonds is 9. The molecule has 2 aliphatic rings. The Balaban J connectivity index is 1.40. The highest BCUT2D eigenvalue weighted by atomic mass is 127. The first-order chi connectivity index (χ1) is 18.1. The molecule has 5 rings (SSSR count). The number of likely N-dealkylation sites (tertiary alicyclic amines) is 1. The van der Waals surface area contributed by atoms with Crippen molar-refractivity contribution in [3.63, 3.8) is 0 Å². The quantitative estimate of drug-likeness (QED) is 0.185. The molecule has 190 valence electrons. The van der Waals surface area contributed by atoms with Gasteiger partial charge in [-0.1, -0.05) is 24.3 Å². The van der Waals surface area contributed by atoms with E-state index >= 15 is 0 Å². The first kappa shape index (κ1) is 26.0. The van der Waals surface area contributed by atoms with Gasteiger partial charge in [0.05, 0.1) is 18.3 Å². The molecule has 5 nitrogen and oxygen atoms in total. The molecule has 3 aromatic carbocycles. The van der Waals surface area contributed by atoms with Gasteiger partial charge in [-0.2, -0.15) is 5.26 Å². The molecule has 0 saturated carbocycles. The summed E-state index contributed by atoms with van der Waals surface area (Å²) < 4.78 is 30.9. The molecule has 0 bridgehead atoms. The molecule has 2 aliphatic heterocycles. The van der Waals surface area contributed by atoms with Crippen LogP contribution < -0.4 is 14.0 Å². The van der Waals surface area contributed by atoms with Crippen LogP contribution in [0.5, 0.6) is 17.2 Å². The van der Waals surface area contributed by atoms with Crippen LogP contribution in [0.25, 0.3) is 11.1 Å². The predicted molar refractivity (Wildman–Crippen MR) is 154 cm³/mol. The number of nitriles is 1. The van der Waals surface area contributed by atoms with Gasteiger partial charge in [0, 0.05) is 36.7 Å². The lowest BCUT2D eigenvalue weighted by molar-refractivity contribution is 0.0668. The van der Waals surface area contributed by atoms with Crippen molar-refractivity contribution in [3.8, 4) is 23.3 Å². The molecule has 3 aromatic rings. The Morgan fingerprint density at radius 2 is 1.81 bits per heavy atom. The predicted octanol–water partition coefficient (Wildman–Crippen LogP) is 7.23. The molecule has 37 heavy (non-hydrogen) atoms. The normalized spacial score (nSPS) is 17.7. The summed E-state index contributed by atoms with van der Waals surface area (Å²) in [5.41, 5.74) is 5.81. The average Bonchev–Trinajstić information content (AvgIpc) is 2.91. The molecule has 2 heterocycles. The summed E-state index contributed by atoms with van der Waals surface area (Å²) in [4.78, 5) is 2.21. The number of nitrogens with zero attached hydrogens (tertiary/aromatic N) is 2. The smallest absolute Gasteiger partial charge is 0.150 e. The maximum absolute atomic E-state index is 12.6.